The molecule has 98 valence electrons. The smallest absolute Gasteiger partial charge is 0.0732 e. The van der Waals surface area contributed by atoms with Gasteiger partial charge in [0.2, 0.25) is 0 Å². The minimum absolute atomic E-state index is 0.545. The lowest BCUT2D eigenvalue weighted by atomic mass is 9.74. The van der Waals surface area contributed by atoms with Gasteiger partial charge in [0.25, 0.3) is 0 Å². The molecule has 0 radical (unpaired) electrons. The second kappa shape index (κ2) is 4.63. The molecule has 1 N–H and O–H groups in total. The molecule has 2 atom stereocenters. The van der Waals surface area contributed by atoms with Gasteiger partial charge < -0.3 is 10.0 Å². The predicted molar refractivity (Wildman–Crippen MR) is 71.3 cm³/mol. The first-order valence-electron chi connectivity index (χ1n) is 7.00. The number of nitrogens with zero attached hydrogens (tertiary/aromatic N) is 2. The van der Waals surface area contributed by atoms with E-state index in [0.29, 0.717) is 18.5 Å². The van der Waals surface area contributed by atoms with Crippen molar-refractivity contribution in [1.29, 1.82) is 0 Å². The summed E-state index contributed by atoms with van der Waals surface area (Å²) in [7, 11) is 2.22. The number of piperidine rings is 2. The van der Waals surface area contributed by atoms with E-state index in [9.17, 15) is 5.11 Å². The Kier molecular flexibility index (Phi) is 3.12. The first-order valence-corrected chi connectivity index (χ1v) is 7.00. The minimum Gasteiger partial charge on any atom is -0.389 e. The summed E-state index contributed by atoms with van der Waals surface area (Å²) in [6.45, 7) is 0. The Hall–Kier alpha value is -0.930. The van der Waals surface area contributed by atoms with Gasteiger partial charge in [0.15, 0.2) is 0 Å². The van der Waals surface area contributed by atoms with Gasteiger partial charge in [-0.15, -0.1) is 0 Å². The maximum Gasteiger partial charge on any atom is 0.0732 e. The molecule has 0 saturated carbocycles. The molecule has 0 aromatic carbocycles. The van der Waals surface area contributed by atoms with Crippen LogP contribution in [0.2, 0.25) is 0 Å². The molecule has 2 aliphatic heterocycles. The molecular weight excluding hydrogens is 224 g/mol. The lowest BCUT2D eigenvalue weighted by Gasteiger charge is -2.50. The van der Waals surface area contributed by atoms with Crippen molar-refractivity contribution in [3.63, 3.8) is 0 Å². The fourth-order valence-corrected chi connectivity index (χ4v) is 3.73. The lowest BCUT2D eigenvalue weighted by Crippen LogP contribution is -2.57. The Morgan fingerprint density at radius 3 is 2.67 bits per heavy atom. The van der Waals surface area contributed by atoms with E-state index in [2.05, 4.69) is 16.9 Å². The molecule has 2 aliphatic rings. The van der Waals surface area contributed by atoms with Crippen molar-refractivity contribution < 1.29 is 5.11 Å². The maximum absolute atomic E-state index is 10.9. The van der Waals surface area contributed by atoms with E-state index in [0.717, 1.165) is 18.5 Å². The normalized spacial score (nSPS) is 36.6. The van der Waals surface area contributed by atoms with Crippen LogP contribution in [0.1, 0.15) is 37.8 Å². The highest BCUT2D eigenvalue weighted by Crippen LogP contribution is 2.39. The Morgan fingerprint density at radius 2 is 2.06 bits per heavy atom. The molecule has 2 fully saturated rings. The summed E-state index contributed by atoms with van der Waals surface area (Å²) >= 11 is 0. The average molecular weight is 246 g/mol. The average Bonchev–Trinajstić information content (AvgIpc) is 2.33. The van der Waals surface area contributed by atoms with Crippen LogP contribution in [-0.2, 0) is 6.42 Å². The van der Waals surface area contributed by atoms with Crippen LogP contribution >= 0.6 is 0 Å². The highest BCUT2D eigenvalue weighted by molar-refractivity contribution is 5.10. The third kappa shape index (κ3) is 2.29. The predicted octanol–water partition coefficient (Wildman–Crippen LogP) is 2.00. The lowest BCUT2D eigenvalue weighted by molar-refractivity contribution is -0.0824. The van der Waals surface area contributed by atoms with Crippen molar-refractivity contribution in [2.75, 3.05) is 7.05 Å². The maximum atomic E-state index is 10.9. The van der Waals surface area contributed by atoms with E-state index < -0.39 is 5.60 Å². The summed E-state index contributed by atoms with van der Waals surface area (Å²) in [6.07, 6.45) is 8.10. The largest absolute Gasteiger partial charge is 0.389 e. The van der Waals surface area contributed by atoms with Gasteiger partial charge >= 0.3 is 0 Å². The number of rotatable bonds is 2. The van der Waals surface area contributed by atoms with Crippen LogP contribution in [-0.4, -0.2) is 39.7 Å². The molecule has 1 aromatic rings. The summed E-state index contributed by atoms with van der Waals surface area (Å²) in [5.74, 6) is 0. The Morgan fingerprint density at radius 1 is 1.33 bits per heavy atom. The summed E-state index contributed by atoms with van der Waals surface area (Å²) in [6, 6.07) is 7.07. The molecule has 2 saturated heterocycles. The highest BCUT2D eigenvalue weighted by atomic mass is 16.3. The van der Waals surface area contributed by atoms with Gasteiger partial charge in [-0.05, 0) is 44.9 Å². The molecule has 1 aromatic heterocycles. The third-order valence-electron chi connectivity index (χ3n) is 4.69. The van der Waals surface area contributed by atoms with E-state index in [1.165, 1.54) is 19.3 Å². The van der Waals surface area contributed by atoms with Crippen molar-refractivity contribution in [3.8, 4) is 0 Å². The molecule has 3 nitrogen and oxygen atoms in total. The summed E-state index contributed by atoms with van der Waals surface area (Å²) in [5, 5.41) is 10.9. The fourth-order valence-electron chi connectivity index (χ4n) is 3.73. The Balaban J connectivity index is 1.75. The monoisotopic (exact) mass is 246 g/mol. The first kappa shape index (κ1) is 12.1. The van der Waals surface area contributed by atoms with Gasteiger partial charge in [-0.3, -0.25) is 4.98 Å². The zero-order valence-electron chi connectivity index (χ0n) is 11.0. The van der Waals surface area contributed by atoms with Crippen molar-refractivity contribution in [2.45, 2.75) is 56.2 Å². The van der Waals surface area contributed by atoms with Crippen LogP contribution in [0.15, 0.2) is 24.4 Å². The molecule has 0 aliphatic carbocycles. The summed E-state index contributed by atoms with van der Waals surface area (Å²) in [5.41, 5.74) is 0.471. The fraction of sp³-hybridized carbons (Fsp3) is 0.667. The SMILES string of the molecule is CN1C2CCCC1CC(O)(Cc1ccccn1)C2. The molecule has 0 spiro atoms. The van der Waals surface area contributed by atoms with E-state index in [-0.39, 0.29) is 0 Å². The standard InChI is InChI=1S/C15H22N2O/c1-17-13-6-4-7-14(17)11-15(18,10-13)9-12-5-2-3-8-16-12/h2-3,5,8,13-14,18H,4,6-7,9-11H2,1H3. The number of aliphatic hydroxyl groups is 1. The van der Waals surface area contributed by atoms with Crippen molar-refractivity contribution in [1.82, 2.24) is 9.88 Å². The molecule has 2 bridgehead atoms. The van der Waals surface area contributed by atoms with E-state index >= 15 is 0 Å². The van der Waals surface area contributed by atoms with Gasteiger partial charge in [0.05, 0.1) is 5.60 Å². The number of fused-ring (bicyclic) bond motifs is 2. The summed E-state index contributed by atoms with van der Waals surface area (Å²) < 4.78 is 0. The second-order valence-corrected chi connectivity index (χ2v) is 6.03. The van der Waals surface area contributed by atoms with Gasteiger partial charge in [-0.25, -0.2) is 0 Å². The highest BCUT2D eigenvalue weighted by Gasteiger charge is 2.43. The zero-order valence-corrected chi connectivity index (χ0v) is 11.0. The number of hydrogen-bond donors (Lipinski definition) is 1. The molecule has 3 heterocycles. The first-order chi connectivity index (χ1) is 8.66. The molecule has 3 heteroatoms. The molecular formula is C15H22N2O. The topological polar surface area (TPSA) is 36.4 Å². The van der Waals surface area contributed by atoms with Crippen LogP contribution in [0.5, 0.6) is 0 Å². The minimum atomic E-state index is -0.545. The molecule has 0 amide bonds. The Bertz CT molecular complexity index is 392. The van der Waals surface area contributed by atoms with Gasteiger partial charge in [-0.2, -0.15) is 0 Å². The summed E-state index contributed by atoms with van der Waals surface area (Å²) in [4.78, 5) is 6.84. The van der Waals surface area contributed by atoms with Gasteiger partial charge in [0, 0.05) is 30.4 Å². The zero-order chi connectivity index (χ0) is 12.6. The quantitative estimate of drug-likeness (QED) is 0.867. The molecule has 3 rings (SSSR count). The van der Waals surface area contributed by atoms with Gasteiger partial charge in [0.1, 0.15) is 0 Å². The third-order valence-corrected chi connectivity index (χ3v) is 4.69. The van der Waals surface area contributed by atoms with Crippen molar-refractivity contribution >= 4 is 0 Å². The van der Waals surface area contributed by atoms with Crippen molar-refractivity contribution in [2.24, 2.45) is 0 Å². The van der Waals surface area contributed by atoms with Gasteiger partial charge in [-0.1, -0.05) is 12.5 Å². The van der Waals surface area contributed by atoms with E-state index in [1.807, 2.05) is 24.4 Å². The second-order valence-electron chi connectivity index (χ2n) is 6.03. The van der Waals surface area contributed by atoms with E-state index in [1.54, 1.807) is 0 Å². The number of aromatic nitrogens is 1. The number of pyridine rings is 1. The Labute approximate surface area is 109 Å². The van der Waals surface area contributed by atoms with Crippen LogP contribution in [0.25, 0.3) is 0 Å². The van der Waals surface area contributed by atoms with E-state index in [4.69, 9.17) is 0 Å². The van der Waals surface area contributed by atoms with Crippen LogP contribution < -0.4 is 0 Å². The van der Waals surface area contributed by atoms with Crippen LogP contribution in [0.3, 0.4) is 0 Å². The van der Waals surface area contributed by atoms with Crippen molar-refractivity contribution in [3.05, 3.63) is 30.1 Å². The van der Waals surface area contributed by atoms with Crippen LogP contribution in [0, 0.1) is 0 Å². The number of hydrogen-bond acceptors (Lipinski definition) is 3. The molecule has 2 unspecified atom stereocenters. The van der Waals surface area contributed by atoms with Crippen LogP contribution in [0.4, 0.5) is 0 Å². The molecule has 18 heavy (non-hydrogen) atoms.